The molecule has 3 N–H and O–H groups in total. The van der Waals surface area contributed by atoms with Crippen LogP contribution in [0.4, 0.5) is 13.2 Å². The molecular weight excluding hydrogens is 295 g/mol. The maximum atomic E-state index is 12.8. The molecule has 0 aromatic rings. The first kappa shape index (κ1) is 17.4. The maximum absolute atomic E-state index is 12.8. The van der Waals surface area contributed by atoms with E-state index in [0.717, 1.165) is 25.7 Å². The number of rotatable bonds is 4. The molecular formula is C15H26F3N3O. The molecule has 2 aliphatic rings. The van der Waals surface area contributed by atoms with E-state index in [1.807, 2.05) is 0 Å². The molecule has 2 aliphatic carbocycles. The Morgan fingerprint density at radius 2 is 1.95 bits per heavy atom. The fourth-order valence-electron chi connectivity index (χ4n) is 3.25. The molecule has 128 valence electrons. The topological polar surface area (TPSA) is 56.7 Å². The molecule has 0 bridgehead atoms. The predicted octanol–water partition coefficient (Wildman–Crippen LogP) is 2.44. The van der Waals surface area contributed by atoms with E-state index in [2.05, 4.69) is 15.6 Å². The Labute approximate surface area is 129 Å². The number of halogens is 3. The number of hydrogen-bond donors (Lipinski definition) is 3. The summed E-state index contributed by atoms with van der Waals surface area (Å²) in [7, 11) is 1.62. The normalized spacial score (nSPS) is 28.9. The Morgan fingerprint density at radius 3 is 2.50 bits per heavy atom. The van der Waals surface area contributed by atoms with Gasteiger partial charge in [-0.1, -0.05) is 6.42 Å². The number of alkyl halides is 3. The van der Waals surface area contributed by atoms with Crippen molar-refractivity contribution in [2.75, 3.05) is 20.1 Å². The zero-order valence-corrected chi connectivity index (χ0v) is 13.0. The van der Waals surface area contributed by atoms with Gasteiger partial charge in [0.25, 0.3) is 0 Å². The van der Waals surface area contributed by atoms with E-state index < -0.39 is 17.7 Å². The van der Waals surface area contributed by atoms with Gasteiger partial charge in [0.15, 0.2) is 5.96 Å². The van der Waals surface area contributed by atoms with E-state index in [0.29, 0.717) is 25.5 Å². The number of aliphatic hydroxyl groups is 1. The molecule has 2 unspecified atom stereocenters. The molecule has 0 amide bonds. The highest BCUT2D eigenvalue weighted by Crippen LogP contribution is 2.39. The summed E-state index contributed by atoms with van der Waals surface area (Å²) in [5.41, 5.74) is -0.649. The lowest BCUT2D eigenvalue weighted by molar-refractivity contribution is -0.185. The molecule has 0 heterocycles. The highest BCUT2D eigenvalue weighted by Gasteiger charge is 2.42. The Balaban J connectivity index is 1.73. The molecule has 22 heavy (non-hydrogen) atoms. The van der Waals surface area contributed by atoms with Crippen LogP contribution in [-0.2, 0) is 0 Å². The summed E-state index contributed by atoms with van der Waals surface area (Å²) in [6.07, 6.45) is 0.414. The average molecular weight is 321 g/mol. The van der Waals surface area contributed by atoms with Crippen molar-refractivity contribution < 1.29 is 18.3 Å². The first-order valence-electron chi connectivity index (χ1n) is 8.06. The molecule has 2 saturated carbocycles. The van der Waals surface area contributed by atoms with E-state index in [1.165, 1.54) is 0 Å². The van der Waals surface area contributed by atoms with Gasteiger partial charge >= 0.3 is 6.18 Å². The molecule has 7 heteroatoms. The Bertz CT molecular complexity index is 394. The standard InChI is InChI=1S/C15H26F3N3O/c1-19-13(21-10-14(22)6-3-7-14)20-9-11-4-2-5-12(8-11)15(16,17)18/h11-12,22H,2-10H2,1H3,(H2,19,20,21). The van der Waals surface area contributed by atoms with Crippen LogP contribution in [0.15, 0.2) is 4.99 Å². The molecule has 0 aromatic heterocycles. The van der Waals surface area contributed by atoms with Crippen LogP contribution in [0.3, 0.4) is 0 Å². The predicted molar refractivity (Wildman–Crippen MR) is 79.7 cm³/mol. The van der Waals surface area contributed by atoms with Crippen LogP contribution in [0.2, 0.25) is 0 Å². The van der Waals surface area contributed by atoms with Gasteiger partial charge in [-0.2, -0.15) is 13.2 Å². The number of nitrogens with zero attached hydrogens (tertiary/aromatic N) is 1. The Hall–Kier alpha value is -0.980. The van der Waals surface area contributed by atoms with Crippen molar-refractivity contribution >= 4 is 5.96 Å². The van der Waals surface area contributed by atoms with Crippen molar-refractivity contribution in [3.05, 3.63) is 0 Å². The van der Waals surface area contributed by atoms with Crippen LogP contribution in [-0.4, -0.2) is 43.0 Å². The molecule has 0 radical (unpaired) electrons. The van der Waals surface area contributed by atoms with Gasteiger partial charge in [-0.25, -0.2) is 0 Å². The molecule has 0 saturated heterocycles. The van der Waals surface area contributed by atoms with Crippen molar-refractivity contribution in [3.63, 3.8) is 0 Å². The highest BCUT2D eigenvalue weighted by molar-refractivity contribution is 5.79. The quantitative estimate of drug-likeness (QED) is 0.551. The summed E-state index contributed by atoms with van der Waals surface area (Å²) < 4.78 is 38.4. The second-order valence-corrected chi connectivity index (χ2v) is 6.66. The largest absolute Gasteiger partial charge is 0.391 e. The van der Waals surface area contributed by atoms with Gasteiger partial charge in [0, 0.05) is 20.1 Å². The van der Waals surface area contributed by atoms with Gasteiger partial charge in [-0.15, -0.1) is 0 Å². The lowest BCUT2D eigenvalue weighted by atomic mass is 9.80. The first-order valence-corrected chi connectivity index (χ1v) is 8.06. The van der Waals surface area contributed by atoms with Gasteiger partial charge in [0.2, 0.25) is 0 Å². The third-order valence-electron chi connectivity index (χ3n) is 4.90. The SMILES string of the molecule is CN=C(NCC1CCCC(C(F)(F)F)C1)NCC1(O)CCC1. The van der Waals surface area contributed by atoms with Gasteiger partial charge in [0.05, 0.1) is 11.5 Å². The van der Waals surface area contributed by atoms with Gasteiger partial charge in [0.1, 0.15) is 0 Å². The van der Waals surface area contributed by atoms with Crippen molar-refractivity contribution in [1.82, 2.24) is 10.6 Å². The molecule has 0 aliphatic heterocycles. The lowest BCUT2D eigenvalue weighted by Gasteiger charge is -2.37. The van der Waals surface area contributed by atoms with Crippen LogP contribution >= 0.6 is 0 Å². The van der Waals surface area contributed by atoms with Crippen molar-refractivity contribution in [2.45, 2.75) is 56.7 Å². The van der Waals surface area contributed by atoms with Crippen molar-refractivity contribution in [1.29, 1.82) is 0 Å². The van der Waals surface area contributed by atoms with Crippen LogP contribution in [0, 0.1) is 11.8 Å². The molecule has 0 aromatic carbocycles. The summed E-state index contributed by atoms with van der Waals surface area (Å²) in [5.74, 6) is -0.598. The second kappa shape index (κ2) is 7.06. The van der Waals surface area contributed by atoms with Gasteiger partial charge in [-0.05, 0) is 44.4 Å². The molecule has 2 fully saturated rings. The summed E-state index contributed by atoms with van der Waals surface area (Å²) >= 11 is 0. The third-order valence-corrected chi connectivity index (χ3v) is 4.90. The molecule has 0 spiro atoms. The molecule has 4 nitrogen and oxygen atoms in total. The Kier molecular flexibility index (Phi) is 5.58. The average Bonchev–Trinajstić information content (AvgIpc) is 2.45. The minimum Gasteiger partial charge on any atom is -0.388 e. The number of guanidine groups is 1. The van der Waals surface area contributed by atoms with Gasteiger partial charge in [-0.3, -0.25) is 4.99 Å². The van der Waals surface area contributed by atoms with Crippen LogP contribution in [0.1, 0.15) is 44.9 Å². The number of aliphatic imine (C=N–C) groups is 1. The summed E-state index contributed by atoms with van der Waals surface area (Å²) in [5, 5.41) is 16.2. The van der Waals surface area contributed by atoms with Crippen LogP contribution in [0.5, 0.6) is 0 Å². The van der Waals surface area contributed by atoms with Crippen LogP contribution in [0.25, 0.3) is 0 Å². The fraction of sp³-hybridized carbons (Fsp3) is 0.933. The van der Waals surface area contributed by atoms with E-state index in [-0.39, 0.29) is 18.8 Å². The van der Waals surface area contributed by atoms with E-state index in [1.54, 1.807) is 7.05 Å². The summed E-state index contributed by atoms with van der Waals surface area (Å²) in [6.45, 7) is 0.924. The number of nitrogens with one attached hydrogen (secondary N) is 2. The number of hydrogen-bond acceptors (Lipinski definition) is 2. The first-order chi connectivity index (χ1) is 10.3. The van der Waals surface area contributed by atoms with E-state index in [4.69, 9.17) is 0 Å². The molecule has 2 atom stereocenters. The minimum atomic E-state index is -4.08. The van der Waals surface area contributed by atoms with Crippen molar-refractivity contribution in [2.24, 2.45) is 16.8 Å². The monoisotopic (exact) mass is 321 g/mol. The Morgan fingerprint density at radius 1 is 1.23 bits per heavy atom. The highest BCUT2D eigenvalue weighted by atomic mass is 19.4. The van der Waals surface area contributed by atoms with Crippen LogP contribution < -0.4 is 10.6 Å². The van der Waals surface area contributed by atoms with Crippen molar-refractivity contribution in [3.8, 4) is 0 Å². The summed E-state index contributed by atoms with van der Waals surface area (Å²) in [4.78, 5) is 4.06. The fourth-order valence-corrected chi connectivity index (χ4v) is 3.25. The lowest BCUT2D eigenvalue weighted by Crippen LogP contribution is -2.51. The zero-order chi connectivity index (χ0) is 16.2. The van der Waals surface area contributed by atoms with Gasteiger partial charge < -0.3 is 15.7 Å². The second-order valence-electron chi connectivity index (χ2n) is 6.66. The van der Waals surface area contributed by atoms with E-state index in [9.17, 15) is 18.3 Å². The minimum absolute atomic E-state index is 0.0192. The molecule has 2 rings (SSSR count). The summed E-state index contributed by atoms with van der Waals surface area (Å²) in [6, 6.07) is 0. The zero-order valence-electron chi connectivity index (χ0n) is 13.0. The maximum Gasteiger partial charge on any atom is 0.391 e. The van der Waals surface area contributed by atoms with E-state index >= 15 is 0 Å². The smallest absolute Gasteiger partial charge is 0.388 e. The third kappa shape index (κ3) is 4.76.